The summed E-state index contributed by atoms with van der Waals surface area (Å²) in [6.45, 7) is 2.13. The molecule has 0 unspecified atom stereocenters. The van der Waals surface area contributed by atoms with Crippen LogP contribution in [0.2, 0.25) is 0 Å². The first kappa shape index (κ1) is 21.7. The van der Waals surface area contributed by atoms with E-state index in [9.17, 15) is 0 Å². The fourth-order valence-electron chi connectivity index (χ4n) is 2.54. The SMILES string of the molecule is Cc1c(SCc2ccco2)ccnc1CSc1nc2ccccc2[nH]1.Cl.Cl. The third-order valence-electron chi connectivity index (χ3n) is 3.92. The molecule has 0 amide bonds. The number of para-hydroxylation sites is 2. The van der Waals surface area contributed by atoms with Crippen molar-refractivity contribution in [3.63, 3.8) is 0 Å². The maximum Gasteiger partial charge on any atom is 0.166 e. The van der Waals surface area contributed by atoms with E-state index < -0.39 is 0 Å². The highest BCUT2D eigenvalue weighted by atomic mass is 35.5. The molecule has 4 rings (SSSR count). The van der Waals surface area contributed by atoms with Gasteiger partial charge in [-0.2, -0.15) is 0 Å². The van der Waals surface area contributed by atoms with E-state index >= 15 is 0 Å². The van der Waals surface area contributed by atoms with Crippen molar-refractivity contribution < 1.29 is 4.42 Å². The van der Waals surface area contributed by atoms with Crippen molar-refractivity contribution in [2.75, 3.05) is 0 Å². The van der Waals surface area contributed by atoms with Crippen molar-refractivity contribution in [2.45, 2.75) is 28.5 Å². The molecule has 0 atom stereocenters. The van der Waals surface area contributed by atoms with Crippen LogP contribution in [-0.2, 0) is 11.5 Å². The zero-order valence-corrected chi connectivity index (χ0v) is 17.8. The van der Waals surface area contributed by atoms with Crippen LogP contribution in [0.3, 0.4) is 0 Å². The summed E-state index contributed by atoms with van der Waals surface area (Å²) in [7, 11) is 0. The maximum atomic E-state index is 5.41. The van der Waals surface area contributed by atoms with Gasteiger partial charge in [0.15, 0.2) is 5.16 Å². The van der Waals surface area contributed by atoms with E-state index in [1.807, 2.05) is 42.6 Å². The third kappa shape index (κ3) is 5.23. The number of hydrogen-bond acceptors (Lipinski definition) is 5. The highest BCUT2D eigenvalue weighted by molar-refractivity contribution is 7.98. The Balaban J connectivity index is 0.00000131. The lowest BCUT2D eigenvalue weighted by molar-refractivity contribution is 0.530. The van der Waals surface area contributed by atoms with Gasteiger partial charge in [0.2, 0.25) is 0 Å². The number of thioether (sulfide) groups is 2. The molecular weight excluding hydrogens is 421 g/mol. The summed E-state index contributed by atoms with van der Waals surface area (Å²) in [5, 5.41) is 0.927. The number of pyridine rings is 1. The number of imidazole rings is 1. The summed E-state index contributed by atoms with van der Waals surface area (Å²) < 4.78 is 5.41. The van der Waals surface area contributed by atoms with E-state index in [0.29, 0.717) is 0 Å². The Morgan fingerprint density at radius 1 is 1.00 bits per heavy atom. The number of H-pyrrole nitrogens is 1. The zero-order valence-electron chi connectivity index (χ0n) is 14.5. The molecule has 1 N–H and O–H groups in total. The van der Waals surface area contributed by atoms with Crippen LogP contribution in [0, 0.1) is 6.92 Å². The van der Waals surface area contributed by atoms with Gasteiger partial charge < -0.3 is 9.40 Å². The van der Waals surface area contributed by atoms with Gasteiger partial charge in [-0.05, 0) is 42.8 Å². The van der Waals surface area contributed by atoms with Crippen molar-refractivity contribution in [3.05, 3.63) is 71.9 Å². The van der Waals surface area contributed by atoms with Gasteiger partial charge >= 0.3 is 0 Å². The summed E-state index contributed by atoms with van der Waals surface area (Å²) in [6, 6.07) is 14.1. The van der Waals surface area contributed by atoms with Gasteiger partial charge in [0.05, 0.1) is 28.7 Å². The van der Waals surface area contributed by atoms with Gasteiger partial charge in [0, 0.05) is 16.8 Å². The molecule has 4 nitrogen and oxygen atoms in total. The minimum absolute atomic E-state index is 0. The van der Waals surface area contributed by atoms with Gasteiger partial charge in [-0.25, -0.2) is 4.98 Å². The standard InChI is InChI=1S/C19H17N3OS2.2ClH/c1-13-17(12-25-19-21-15-6-2-3-7-16(15)22-19)20-9-8-18(13)24-11-14-5-4-10-23-14;;/h2-10H,11-12H2,1H3,(H,21,22);2*1H. The van der Waals surface area contributed by atoms with Crippen LogP contribution in [0.25, 0.3) is 11.0 Å². The summed E-state index contributed by atoms with van der Waals surface area (Å²) >= 11 is 3.46. The Morgan fingerprint density at radius 3 is 2.63 bits per heavy atom. The predicted molar refractivity (Wildman–Crippen MR) is 117 cm³/mol. The van der Waals surface area contributed by atoms with E-state index in [2.05, 4.69) is 27.9 Å². The Hall–Kier alpha value is -1.60. The average molecular weight is 440 g/mol. The summed E-state index contributed by atoms with van der Waals surface area (Å²) in [4.78, 5) is 13.8. The van der Waals surface area contributed by atoms with E-state index in [1.54, 1.807) is 29.8 Å². The van der Waals surface area contributed by atoms with E-state index in [4.69, 9.17) is 4.42 Å². The molecule has 27 heavy (non-hydrogen) atoms. The number of nitrogens with zero attached hydrogens (tertiary/aromatic N) is 2. The molecule has 3 heterocycles. The number of fused-ring (bicyclic) bond motifs is 1. The van der Waals surface area contributed by atoms with Crippen LogP contribution in [0.5, 0.6) is 0 Å². The van der Waals surface area contributed by atoms with Gasteiger partial charge in [0.25, 0.3) is 0 Å². The number of furan rings is 1. The molecule has 142 valence electrons. The molecule has 0 radical (unpaired) electrons. The lowest BCUT2D eigenvalue weighted by Crippen LogP contribution is -1.94. The molecular formula is C19H19Cl2N3OS2. The molecule has 0 aliphatic rings. The monoisotopic (exact) mass is 439 g/mol. The van der Waals surface area contributed by atoms with Gasteiger partial charge in [0.1, 0.15) is 5.76 Å². The maximum absolute atomic E-state index is 5.41. The molecule has 8 heteroatoms. The predicted octanol–water partition coefficient (Wildman–Crippen LogP) is 6.29. The van der Waals surface area contributed by atoms with Crippen molar-refractivity contribution >= 4 is 59.4 Å². The molecule has 0 saturated heterocycles. The number of aromatic nitrogens is 3. The summed E-state index contributed by atoms with van der Waals surface area (Å²) in [5.74, 6) is 2.61. The third-order valence-corrected chi connectivity index (χ3v) is 5.99. The van der Waals surface area contributed by atoms with Crippen molar-refractivity contribution in [1.29, 1.82) is 0 Å². The van der Waals surface area contributed by atoms with Crippen molar-refractivity contribution in [3.8, 4) is 0 Å². The molecule has 0 saturated carbocycles. The first-order valence-electron chi connectivity index (χ1n) is 7.97. The number of rotatable bonds is 6. The van der Waals surface area contributed by atoms with Crippen LogP contribution in [0.1, 0.15) is 17.0 Å². The molecule has 4 aromatic rings. The summed E-state index contributed by atoms with van der Waals surface area (Å²) in [5.41, 5.74) is 4.38. The number of halogens is 2. The number of aromatic amines is 1. The van der Waals surface area contributed by atoms with Gasteiger partial charge in [-0.3, -0.25) is 4.98 Å². The van der Waals surface area contributed by atoms with E-state index in [1.165, 1.54) is 10.5 Å². The second-order valence-electron chi connectivity index (χ2n) is 5.60. The normalized spacial score (nSPS) is 10.4. The molecule has 0 spiro atoms. The Bertz CT molecular complexity index is 957. The van der Waals surface area contributed by atoms with Crippen LogP contribution in [0.4, 0.5) is 0 Å². The van der Waals surface area contributed by atoms with E-state index in [0.717, 1.165) is 39.1 Å². The Labute approximate surface area is 178 Å². The first-order chi connectivity index (χ1) is 12.3. The van der Waals surface area contributed by atoms with E-state index in [-0.39, 0.29) is 24.8 Å². The summed E-state index contributed by atoms with van der Waals surface area (Å²) in [6.07, 6.45) is 3.59. The molecule has 0 fully saturated rings. The number of nitrogens with one attached hydrogen (secondary N) is 1. The molecule has 0 bridgehead atoms. The number of benzene rings is 1. The lowest BCUT2D eigenvalue weighted by Gasteiger charge is -2.09. The second-order valence-corrected chi connectivity index (χ2v) is 7.58. The average Bonchev–Trinajstić information content (AvgIpc) is 3.29. The van der Waals surface area contributed by atoms with Crippen LogP contribution in [-0.4, -0.2) is 15.0 Å². The highest BCUT2D eigenvalue weighted by Gasteiger charge is 2.09. The Morgan fingerprint density at radius 2 is 1.85 bits per heavy atom. The molecule has 3 aromatic heterocycles. The second kappa shape index (κ2) is 10.1. The molecule has 1 aromatic carbocycles. The quantitative estimate of drug-likeness (QED) is 0.357. The fraction of sp³-hybridized carbons (Fsp3) is 0.158. The van der Waals surface area contributed by atoms with Gasteiger partial charge in [-0.1, -0.05) is 23.9 Å². The first-order valence-corrected chi connectivity index (χ1v) is 9.94. The smallest absolute Gasteiger partial charge is 0.166 e. The largest absolute Gasteiger partial charge is 0.468 e. The minimum atomic E-state index is 0. The minimum Gasteiger partial charge on any atom is -0.468 e. The molecule has 0 aliphatic heterocycles. The van der Waals surface area contributed by atoms with Gasteiger partial charge in [-0.15, -0.1) is 36.6 Å². The topological polar surface area (TPSA) is 54.7 Å². The van der Waals surface area contributed by atoms with Crippen LogP contribution >= 0.6 is 48.3 Å². The van der Waals surface area contributed by atoms with Crippen molar-refractivity contribution in [2.24, 2.45) is 0 Å². The van der Waals surface area contributed by atoms with Crippen LogP contribution in [0.15, 0.2) is 69.4 Å². The Kier molecular flexibility index (Phi) is 8.10. The van der Waals surface area contributed by atoms with Crippen molar-refractivity contribution in [1.82, 2.24) is 15.0 Å². The lowest BCUT2D eigenvalue weighted by atomic mass is 10.2. The highest BCUT2D eigenvalue weighted by Crippen LogP contribution is 2.30. The van der Waals surface area contributed by atoms with Crippen LogP contribution < -0.4 is 0 Å². The number of hydrogen-bond donors (Lipinski definition) is 1. The molecule has 0 aliphatic carbocycles. The zero-order chi connectivity index (χ0) is 17.1. The fourth-order valence-corrected chi connectivity index (χ4v) is 4.40.